The van der Waals surface area contributed by atoms with Gasteiger partial charge in [-0.1, -0.05) is 49.4 Å². The molecule has 2 aromatic carbocycles. The summed E-state index contributed by atoms with van der Waals surface area (Å²) in [6.45, 7) is 14.8. The van der Waals surface area contributed by atoms with E-state index in [0.29, 0.717) is 12.2 Å². The Balaban J connectivity index is 1.33. The third-order valence-electron chi connectivity index (χ3n) is 6.77. The topological polar surface area (TPSA) is 38.8 Å². The summed E-state index contributed by atoms with van der Waals surface area (Å²) >= 11 is 0. The van der Waals surface area contributed by atoms with E-state index in [1.54, 1.807) is 0 Å². The minimum Gasteiger partial charge on any atom is -0.368 e. The minimum absolute atomic E-state index is 0.0817. The van der Waals surface area contributed by atoms with E-state index in [2.05, 4.69) is 84.1 Å². The maximum absolute atomic E-state index is 13.1. The molecule has 0 bridgehead atoms. The highest BCUT2D eigenvalue weighted by molar-refractivity contribution is 5.94. The van der Waals surface area contributed by atoms with Crippen molar-refractivity contribution in [1.82, 2.24) is 10.2 Å². The second-order valence-corrected chi connectivity index (χ2v) is 9.20. The van der Waals surface area contributed by atoms with Gasteiger partial charge in [0.15, 0.2) is 0 Å². The Morgan fingerprint density at radius 2 is 1.49 bits per heavy atom. The maximum Gasteiger partial charge on any atom is 0.268 e. The number of nitrogens with one attached hydrogen (secondary N) is 1. The lowest BCUT2D eigenvalue weighted by atomic mass is 10.1. The van der Waals surface area contributed by atoms with E-state index < -0.39 is 0 Å². The van der Waals surface area contributed by atoms with Crippen LogP contribution in [0.1, 0.15) is 31.4 Å². The van der Waals surface area contributed by atoms with Crippen LogP contribution in [0, 0.1) is 6.92 Å². The summed E-state index contributed by atoms with van der Waals surface area (Å²) in [5, 5.41) is 3.10. The first-order valence-corrected chi connectivity index (χ1v) is 12.4. The summed E-state index contributed by atoms with van der Waals surface area (Å²) in [5.41, 5.74) is 7.38. The summed E-state index contributed by atoms with van der Waals surface area (Å²) < 4.78 is 0. The van der Waals surface area contributed by atoms with Crippen molar-refractivity contribution in [3.63, 3.8) is 0 Å². The van der Waals surface area contributed by atoms with Crippen LogP contribution in [0.3, 0.4) is 0 Å². The first-order chi connectivity index (χ1) is 17.0. The van der Waals surface area contributed by atoms with Crippen molar-refractivity contribution in [2.75, 3.05) is 36.0 Å². The summed E-state index contributed by atoms with van der Waals surface area (Å²) in [5.74, 6) is -0.0817. The molecule has 35 heavy (non-hydrogen) atoms. The Labute approximate surface area is 209 Å². The van der Waals surface area contributed by atoms with E-state index >= 15 is 0 Å². The number of carbonyl (C=O) groups excluding carboxylic acids is 1. The zero-order chi connectivity index (χ0) is 24.8. The SMILES string of the molecule is C=C1C=CC=CN1/C(C(=O)NCc1ccc(N2CCN(c3ccc(C)cc3)CC2)cc1)=C(\C)CC. The summed E-state index contributed by atoms with van der Waals surface area (Å²) in [6.07, 6.45) is 8.46. The molecule has 2 aliphatic heterocycles. The molecule has 0 aromatic heterocycles. The molecule has 0 atom stereocenters. The average Bonchev–Trinajstić information content (AvgIpc) is 2.89. The average molecular weight is 469 g/mol. The molecule has 0 unspecified atom stereocenters. The molecule has 182 valence electrons. The van der Waals surface area contributed by atoms with Crippen LogP contribution in [0.5, 0.6) is 0 Å². The lowest BCUT2D eigenvalue weighted by Crippen LogP contribution is -2.46. The predicted octanol–water partition coefficient (Wildman–Crippen LogP) is 5.52. The highest BCUT2D eigenvalue weighted by Gasteiger charge is 2.21. The highest BCUT2D eigenvalue weighted by Crippen LogP contribution is 2.23. The number of rotatable bonds is 7. The van der Waals surface area contributed by atoms with E-state index in [1.165, 1.54) is 16.9 Å². The molecule has 2 heterocycles. The molecular weight excluding hydrogens is 432 g/mol. The fourth-order valence-electron chi connectivity index (χ4n) is 4.44. The van der Waals surface area contributed by atoms with Gasteiger partial charge in [0.2, 0.25) is 0 Å². The molecule has 1 amide bonds. The van der Waals surface area contributed by atoms with Crippen LogP contribution in [0.2, 0.25) is 0 Å². The number of allylic oxidation sites excluding steroid dienone is 4. The molecule has 0 aliphatic carbocycles. The van der Waals surface area contributed by atoms with Crippen molar-refractivity contribution < 1.29 is 4.79 Å². The van der Waals surface area contributed by atoms with E-state index in [0.717, 1.165) is 49.4 Å². The Morgan fingerprint density at radius 3 is 2.03 bits per heavy atom. The molecule has 0 spiro atoms. The summed E-state index contributed by atoms with van der Waals surface area (Å²) in [7, 11) is 0. The van der Waals surface area contributed by atoms with Crippen LogP contribution >= 0.6 is 0 Å². The number of benzene rings is 2. The Morgan fingerprint density at radius 1 is 0.914 bits per heavy atom. The van der Waals surface area contributed by atoms with E-state index in [-0.39, 0.29) is 5.91 Å². The first kappa shape index (κ1) is 24.4. The van der Waals surface area contributed by atoms with E-state index in [9.17, 15) is 4.79 Å². The quantitative estimate of drug-likeness (QED) is 0.543. The molecule has 4 rings (SSSR count). The number of hydrogen-bond acceptors (Lipinski definition) is 4. The number of nitrogens with zero attached hydrogens (tertiary/aromatic N) is 3. The van der Waals surface area contributed by atoms with Gasteiger partial charge in [0, 0.05) is 56.0 Å². The number of hydrogen-bond donors (Lipinski definition) is 1. The molecule has 5 nitrogen and oxygen atoms in total. The smallest absolute Gasteiger partial charge is 0.268 e. The van der Waals surface area contributed by atoms with Crippen molar-refractivity contribution in [1.29, 1.82) is 0 Å². The monoisotopic (exact) mass is 468 g/mol. The fraction of sp³-hybridized carbons (Fsp3) is 0.300. The van der Waals surface area contributed by atoms with Gasteiger partial charge in [-0.05, 0) is 67.8 Å². The molecule has 1 fully saturated rings. The Kier molecular flexibility index (Phi) is 7.76. The normalized spacial score (nSPS) is 16.4. The number of carbonyl (C=O) groups is 1. The van der Waals surface area contributed by atoms with Crippen molar-refractivity contribution >= 4 is 17.3 Å². The van der Waals surface area contributed by atoms with Crippen LogP contribution in [-0.4, -0.2) is 37.0 Å². The van der Waals surface area contributed by atoms with Gasteiger partial charge in [0.1, 0.15) is 5.70 Å². The molecule has 5 heteroatoms. The van der Waals surface area contributed by atoms with E-state index in [1.807, 2.05) is 36.3 Å². The largest absolute Gasteiger partial charge is 0.368 e. The second-order valence-electron chi connectivity index (χ2n) is 9.20. The zero-order valence-electron chi connectivity index (χ0n) is 21.1. The van der Waals surface area contributed by atoms with Crippen molar-refractivity contribution in [3.8, 4) is 0 Å². The lowest BCUT2D eigenvalue weighted by molar-refractivity contribution is -0.118. The van der Waals surface area contributed by atoms with Gasteiger partial charge in [-0.2, -0.15) is 0 Å². The van der Waals surface area contributed by atoms with Gasteiger partial charge in [0.25, 0.3) is 5.91 Å². The van der Waals surface area contributed by atoms with Gasteiger partial charge < -0.3 is 20.0 Å². The van der Waals surface area contributed by atoms with Crippen molar-refractivity contribution in [2.45, 2.75) is 33.7 Å². The number of anilines is 2. The molecule has 1 N–H and O–H groups in total. The van der Waals surface area contributed by atoms with Crippen molar-refractivity contribution in [2.24, 2.45) is 0 Å². The second kappa shape index (κ2) is 11.1. The van der Waals surface area contributed by atoms with Gasteiger partial charge in [-0.25, -0.2) is 0 Å². The third-order valence-corrected chi connectivity index (χ3v) is 6.77. The maximum atomic E-state index is 13.1. The summed E-state index contributed by atoms with van der Waals surface area (Å²) in [4.78, 5) is 19.9. The van der Waals surface area contributed by atoms with Crippen LogP contribution in [0.15, 0.2) is 96.5 Å². The van der Waals surface area contributed by atoms with Crippen LogP contribution in [0.25, 0.3) is 0 Å². The van der Waals surface area contributed by atoms with E-state index in [4.69, 9.17) is 0 Å². The highest BCUT2D eigenvalue weighted by atomic mass is 16.2. The molecule has 0 saturated carbocycles. The van der Waals surface area contributed by atoms with Gasteiger partial charge in [-0.3, -0.25) is 4.79 Å². The minimum atomic E-state index is -0.0817. The number of aryl methyl sites for hydroxylation is 1. The fourth-order valence-corrected chi connectivity index (χ4v) is 4.44. The lowest BCUT2D eigenvalue weighted by Gasteiger charge is -2.37. The predicted molar refractivity (Wildman–Crippen MR) is 146 cm³/mol. The van der Waals surface area contributed by atoms with Crippen LogP contribution in [0.4, 0.5) is 11.4 Å². The summed E-state index contributed by atoms with van der Waals surface area (Å²) in [6, 6.07) is 17.3. The van der Waals surface area contributed by atoms with Gasteiger partial charge in [-0.15, -0.1) is 0 Å². The molecule has 0 radical (unpaired) electrons. The molecular formula is C30H36N4O. The molecule has 1 saturated heterocycles. The number of amides is 1. The zero-order valence-corrected chi connectivity index (χ0v) is 21.1. The number of piperazine rings is 1. The third kappa shape index (κ3) is 5.86. The molecule has 2 aromatic rings. The van der Waals surface area contributed by atoms with Crippen molar-refractivity contribution in [3.05, 3.63) is 108 Å². The van der Waals surface area contributed by atoms with Crippen LogP contribution < -0.4 is 15.1 Å². The Bertz CT molecular complexity index is 1130. The first-order valence-electron chi connectivity index (χ1n) is 12.4. The Hall–Kier alpha value is -3.73. The van der Waals surface area contributed by atoms with Gasteiger partial charge >= 0.3 is 0 Å². The molecule has 2 aliphatic rings. The standard InChI is InChI=1S/C30H36N4O/c1-5-24(3)29(34-17-7-6-8-25(34)4)30(35)31-22-26-11-15-28(16-12-26)33-20-18-32(19-21-33)27-13-9-23(2)10-14-27/h6-17H,4-5,18-22H2,1-3H3,(H,31,35)/b29-24+. The van der Waals surface area contributed by atoms with Crippen LogP contribution in [-0.2, 0) is 11.3 Å². The van der Waals surface area contributed by atoms with Gasteiger partial charge in [0.05, 0.1) is 0 Å².